The lowest BCUT2D eigenvalue weighted by Crippen LogP contribution is -2.46. The minimum atomic E-state index is -5.05. The molecule has 4 atom stereocenters. The van der Waals surface area contributed by atoms with Crippen LogP contribution in [0.3, 0.4) is 0 Å². The van der Waals surface area contributed by atoms with Crippen molar-refractivity contribution in [2.24, 2.45) is 0 Å². The molecule has 0 aliphatic heterocycles. The minimum absolute atomic E-state index is 0.0258. The number of phosphoric acid groups is 2. The highest BCUT2D eigenvalue weighted by Crippen LogP contribution is 2.53. The van der Waals surface area contributed by atoms with Gasteiger partial charge in [0.2, 0.25) is 0 Å². The number of aldehydes is 1. The van der Waals surface area contributed by atoms with Gasteiger partial charge in [0, 0.05) is 0 Å². The van der Waals surface area contributed by atoms with Crippen molar-refractivity contribution in [2.75, 3.05) is 6.61 Å². The van der Waals surface area contributed by atoms with Gasteiger partial charge in [0.05, 0.1) is 6.61 Å². The van der Waals surface area contributed by atoms with Crippen LogP contribution in [0.1, 0.15) is 0 Å². The van der Waals surface area contributed by atoms with Crippen LogP contribution in [0.5, 0.6) is 0 Å². The summed E-state index contributed by atoms with van der Waals surface area (Å²) in [7, 11) is -10.1. The summed E-state index contributed by atoms with van der Waals surface area (Å²) in [5.74, 6) is 0. The summed E-state index contributed by atoms with van der Waals surface area (Å²) in [5.41, 5.74) is 0. The van der Waals surface area contributed by atoms with Crippen LogP contribution >= 0.6 is 15.6 Å². The third-order valence-electron chi connectivity index (χ3n) is 1.63. The van der Waals surface area contributed by atoms with Gasteiger partial charge >= 0.3 is 15.6 Å². The van der Waals surface area contributed by atoms with Gasteiger partial charge < -0.3 is 49.9 Å². The summed E-state index contributed by atoms with van der Waals surface area (Å²) in [6, 6.07) is 0. The van der Waals surface area contributed by atoms with E-state index in [4.69, 9.17) is 45.1 Å². The topological polar surface area (TPSA) is 243 Å². The van der Waals surface area contributed by atoms with E-state index in [-0.39, 0.29) is 6.29 Å². The second kappa shape index (κ2) is 9.69. The molecule has 0 aliphatic carbocycles. The first kappa shape index (κ1) is 23.0. The molecule has 0 rings (SSSR count). The molecule has 0 aromatic carbocycles. The summed E-state index contributed by atoms with van der Waals surface area (Å²) >= 11 is 0. The van der Waals surface area contributed by atoms with Crippen LogP contribution in [0, 0.1) is 0 Å². The van der Waals surface area contributed by atoms with Gasteiger partial charge in [-0.3, -0.25) is 0 Å². The van der Waals surface area contributed by atoms with Crippen LogP contribution in [-0.2, 0) is 18.2 Å². The molecule has 0 heterocycles. The van der Waals surface area contributed by atoms with Crippen molar-refractivity contribution >= 4 is 21.9 Å². The van der Waals surface area contributed by atoms with E-state index in [0.29, 0.717) is 0 Å². The van der Waals surface area contributed by atoms with Crippen molar-refractivity contribution in [1.29, 1.82) is 0 Å². The molecule has 9 N–H and O–H groups in total. The van der Waals surface area contributed by atoms with Crippen molar-refractivity contribution in [3.8, 4) is 0 Å². The second-order valence-corrected chi connectivity index (χ2v) is 6.04. The molecule has 0 unspecified atom stereocenters. The maximum absolute atomic E-state index is 9.90. The normalized spacial score (nSPS) is 18.0. The fourth-order valence-electron chi connectivity index (χ4n) is 0.757. The summed E-state index contributed by atoms with van der Waals surface area (Å²) in [4.78, 5) is 40.9. The quantitative estimate of drug-likeness (QED) is 0.155. The van der Waals surface area contributed by atoms with Crippen LogP contribution in [0.15, 0.2) is 0 Å². The monoisotopic (exact) mass is 358 g/mol. The molecule has 0 aromatic heterocycles. The summed E-state index contributed by atoms with van der Waals surface area (Å²) in [5, 5.41) is 43.5. The standard InChI is InChI=1S/C6H12O6.H4O7P2/c7-1-3(9)5(11)6(12)4(10)2-8;1-8(2,3)7-9(4,5)6/h1,3-6,8-12H,2H2;(H2,1,2,3)(H2,4,5,6)/t3-,4+,5+,6-;/m0./s1. The Kier molecular flexibility index (Phi) is 10.6. The molecule has 15 heteroatoms. The molecule has 0 radical (unpaired) electrons. The predicted octanol–water partition coefficient (Wildman–Crippen LogP) is -4.19. The van der Waals surface area contributed by atoms with Gasteiger partial charge in [-0.25, -0.2) is 9.13 Å². The van der Waals surface area contributed by atoms with Gasteiger partial charge in [-0.05, 0) is 0 Å². The largest absolute Gasteiger partial charge is 0.478 e. The summed E-state index contributed by atoms with van der Waals surface area (Å²) < 4.78 is 22.2. The third-order valence-corrected chi connectivity index (χ3v) is 3.34. The number of carbonyl (C=O) groups excluding carboxylic acids is 1. The van der Waals surface area contributed by atoms with E-state index in [1.807, 2.05) is 0 Å². The molecule has 0 aromatic rings. The lowest BCUT2D eigenvalue weighted by Gasteiger charge is -2.22. The zero-order chi connectivity index (χ0) is 17.4. The van der Waals surface area contributed by atoms with Gasteiger partial charge in [0.1, 0.15) is 24.4 Å². The summed E-state index contributed by atoms with van der Waals surface area (Å²) in [6.07, 6.45) is -6.84. The number of hydrogen-bond donors (Lipinski definition) is 9. The van der Waals surface area contributed by atoms with E-state index in [1.165, 1.54) is 0 Å². The Labute approximate surface area is 117 Å². The lowest BCUT2D eigenvalue weighted by atomic mass is 10.0. The highest BCUT2D eigenvalue weighted by molar-refractivity contribution is 7.60. The molecule has 0 amide bonds. The number of aliphatic hydroxyl groups is 5. The first-order valence-corrected chi connectivity index (χ1v) is 7.92. The van der Waals surface area contributed by atoms with Crippen LogP contribution in [0.25, 0.3) is 0 Å². The van der Waals surface area contributed by atoms with Crippen LogP contribution < -0.4 is 0 Å². The Bertz CT molecular complexity index is 366. The predicted molar refractivity (Wildman–Crippen MR) is 62.4 cm³/mol. The van der Waals surface area contributed by atoms with Gasteiger partial charge in [0.15, 0.2) is 6.29 Å². The number of rotatable bonds is 7. The Morgan fingerprint density at radius 1 is 0.905 bits per heavy atom. The molecular weight excluding hydrogens is 342 g/mol. The maximum Gasteiger partial charge on any atom is 0.478 e. The SMILES string of the molecule is O=C[C@H](O)[C@@H](O)[C@@H](O)[C@H](O)CO.O=P(O)(O)OP(=O)(O)O. The van der Waals surface area contributed by atoms with E-state index >= 15 is 0 Å². The van der Waals surface area contributed by atoms with Gasteiger partial charge in [0.25, 0.3) is 0 Å². The molecule has 13 nitrogen and oxygen atoms in total. The molecule has 0 fully saturated rings. The Morgan fingerprint density at radius 2 is 1.29 bits per heavy atom. The molecule has 128 valence electrons. The minimum Gasteiger partial charge on any atom is -0.394 e. The van der Waals surface area contributed by atoms with E-state index < -0.39 is 46.7 Å². The smallest absolute Gasteiger partial charge is 0.394 e. The molecule has 0 spiro atoms. The Morgan fingerprint density at radius 3 is 1.48 bits per heavy atom. The maximum atomic E-state index is 9.90. The zero-order valence-corrected chi connectivity index (χ0v) is 11.9. The third kappa shape index (κ3) is 13.1. The van der Waals surface area contributed by atoms with E-state index in [0.717, 1.165) is 0 Å². The van der Waals surface area contributed by atoms with Crippen LogP contribution in [-0.4, -0.2) is 82.4 Å². The van der Waals surface area contributed by atoms with Gasteiger partial charge in [-0.15, -0.1) is 0 Å². The average Bonchev–Trinajstić information content (AvgIpc) is 2.31. The average molecular weight is 358 g/mol. The highest BCUT2D eigenvalue weighted by atomic mass is 31.3. The van der Waals surface area contributed by atoms with Crippen LogP contribution in [0.4, 0.5) is 0 Å². The van der Waals surface area contributed by atoms with Gasteiger partial charge in [-0.1, -0.05) is 0 Å². The van der Waals surface area contributed by atoms with Crippen molar-refractivity contribution in [2.45, 2.75) is 24.4 Å². The van der Waals surface area contributed by atoms with E-state index in [2.05, 4.69) is 4.31 Å². The zero-order valence-electron chi connectivity index (χ0n) is 10.1. The fourth-order valence-corrected chi connectivity index (χ4v) is 1.87. The molecule has 0 saturated heterocycles. The molecule has 21 heavy (non-hydrogen) atoms. The molecular formula is C6H16O13P2. The Hall–Kier alpha value is -0.270. The molecule has 0 saturated carbocycles. The van der Waals surface area contributed by atoms with Crippen molar-refractivity contribution < 1.29 is 63.3 Å². The number of carbonyl (C=O) groups is 1. The van der Waals surface area contributed by atoms with Crippen molar-refractivity contribution in [3.63, 3.8) is 0 Å². The molecule has 0 bridgehead atoms. The fraction of sp³-hybridized carbons (Fsp3) is 0.833. The van der Waals surface area contributed by atoms with Crippen molar-refractivity contribution in [1.82, 2.24) is 0 Å². The van der Waals surface area contributed by atoms with Crippen LogP contribution in [0.2, 0.25) is 0 Å². The van der Waals surface area contributed by atoms with E-state index in [1.54, 1.807) is 0 Å². The molecule has 0 aliphatic rings. The van der Waals surface area contributed by atoms with Crippen molar-refractivity contribution in [3.05, 3.63) is 0 Å². The number of hydrogen-bond acceptors (Lipinski definition) is 9. The highest BCUT2D eigenvalue weighted by Gasteiger charge is 2.29. The second-order valence-electron chi connectivity index (χ2n) is 3.42. The van der Waals surface area contributed by atoms with Gasteiger partial charge in [-0.2, -0.15) is 4.31 Å². The first-order valence-electron chi connectivity index (χ1n) is 4.86. The number of aliphatic hydroxyl groups excluding tert-OH is 5. The van der Waals surface area contributed by atoms with E-state index in [9.17, 15) is 13.9 Å². The Balaban J connectivity index is 0. The summed E-state index contributed by atoms with van der Waals surface area (Å²) in [6.45, 7) is -0.760. The first-order chi connectivity index (χ1) is 9.25. The lowest BCUT2D eigenvalue weighted by molar-refractivity contribution is -0.136.